The first-order valence-corrected chi connectivity index (χ1v) is 6.81. The van der Waals surface area contributed by atoms with Crippen LogP contribution in [0.25, 0.3) is 0 Å². The van der Waals surface area contributed by atoms with Gasteiger partial charge in [0.05, 0.1) is 5.69 Å². The van der Waals surface area contributed by atoms with Crippen LogP contribution in [0.1, 0.15) is 5.56 Å². The summed E-state index contributed by atoms with van der Waals surface area (Å²) in [5.74, 6) is -0.0996. The lowest BCUT2D eigenvalue weighted by Gasteiger charge is -2.10. The molecule has 0 bridgehead atoms. The fourth-order valence-corrected chi connectivity index (χ4v) is 2.31. The minimum Gasteiger partial charge on any atom is -0.508 e. The van der Waals surface area contributed by atoms with Crippen molar-refractivity contribution < 1.29 is 9.50 Å². The van der Waals surface area contributed by atoms with E-state index < -0.39 is 0 Å². The molecule has 0 spiro atoms. The van der Waals surface area contributed by atoms with E-state index in [1.165, 1.54) is 12.1 Å². The Labute approximate surface area is 121 Å². The van der Waals surface area contributed by atoms with Crippen LogP contribution in [0.2, 0.25) is 0 Å². The van der Waals surface area contributed by atoms with E-state index in [0.717, 1.165) is 14.5 Å². The Morgan fingerprint density at radius 1 is 1.11 bits per heavy atom. The first-order chi connectivity index (χ1) is 8.56. The van der Waals surface area contributed by atoms with Gasteiger partial charge in [0.25, 0.3) is 0 Å². The Morgan fingerprint density at radius 2 is 1.89 bits per heavy atom. The molecule has 5 heteroatoms. The molecular weight excluding hydrogens is 365 g/mol. The van der Waals surface area contributed by atoms with Crippen molar-refractivity contribution >= 4 is 37.5 Å². The van der Waals surface area contributed by atoms with Crippen LogP contribution in [0.5, 0.6) is 5.75 Å². The summed E-state index contributed by atoms with van der Waals surface area (Å²) in [7, 11) is 0. The van der Waals surface area contributed by atoms with Gasteiger partial charge in [-0.25, -0.2) is 4.39 Å². The second-order valence-corrected chi connectivity index (χ2v) is 5.52. The molecule has 18 heavy (non-hydrogen) atoms. The number of anilines is 1. The summed E-state index contributed by atoms with van der Waals surface area (Å²) < 4.78 is 14.8. The molecular formula is C13H10Br2FNO. The molecule has 0 aliphatic heterocycles. The van der Waals surface area contributed by atoms with E-state index >= 15 is 0 Å². The third-order valence-corrected chi connectivity index (χ3v) is 3.62. The number of benzene rings is 2. The SMILES string of the molecule is Oc1ccc(Br)cc1CNc1cc(F)ccc1Br. The zero-order valence-corrected chi connectivity index (χ0v) is 12.4. The molecule has 0 saturated heterocycles. The number of hydrogen-bond donors (Lipinski definition) is 2. The van der Waals surface area contributed by atoms with Crippen molar-refractivity contribution in [3.8, 4) is 5.75 Å². The predicted molar refractivity (Wildman–Crippen MR) is 77.2 cm³/mol. The van der Waals surface area contributed by atoms with E-state index in [2.05, 4.69) is 37.2 Å². The number of rotatable bonds is 3. The summed E-state index contributed by atoms with van der Waals surface area (Å²) in [6, 6.07) is 9.61. The summed E-state index contributed by atoms with van der Waals surface area (Å²) >= 11 is 6.68. The maximum Gasteiger partial charge on any atom is 0.125 e. The van der Waals surface area contributed by atoms with Gasteiger partial charge in [0.1, 0.15) is 11.6 Å². The maximum atomic E-state index is 13.1. The van der Waals surface area contributed by atoms with E-state index in [1.807, 2.05) is 6.07 Å². The quantitative estimate of drug-likeness (QED) is 0.818. The second kappa shape index (κ2) is 5.71. The van der Waals surface area contributed by atoms with Gasteiger partial charge in [-0.05, 0) is 52.3 Å². The molecule has 0 aliphatic carbocycles. The third-order valence-electron chi connectivity index (χ3n) is 2.44. The highest BCUT2D eigenvalue weighted by molar-refractivity contribution is 9.10. The number of phenolic OH excluding ortho intramolecular Hbond substituents is 1. The average Bonchev–Trinajstić information content (AvgIpc) is 2.34. The Hall–Kier alpha value is -1.07. The van der Waals surface area contributed by atoms with Crippen molar-refractivity contribution in [2.24, 2.45) is 0 Å². The van der Waals surface area contributed by atoms with Gasteiger partial charge in [-0.3, -0.25) is 0 Å². The fourth-order valence-electron chi connectivity index (χ4n) is 1.52. The van der Waals surface area contributed by atoms with Gasteiger partial charge < -0.3 is 10.4 Å². The van der Waals surface area contributed by atoms with Crippen LogP contribution in [0.4, 0.5) is 10.1 Å². The predicted octanol–water partition coefficient (Wildman–Crippen LogP) is 4.67. The lowest BCUT2D eigenvalue weighted by Crippen LogP contribution is -2.01. The largest absolute Gasteiger partial charge is 0.508 e. The Bertz CT molecular complexity index is 523. The van der Waals surface area contributed by atoms with Gasteiger partial charge in [-0.1, -0.05) is 15.9 Å². The van der Waals surface area contributed by atoms with Crippen LogP contribution in [-0.2, 0) is 6.54 Å². The topological polar surface area (TPSA) is 32.3 Å². The molecule has 2 aromatic carbocycles. The smallest absolute Gasteiger partial charge is 0.125 e. The van der Waals surface area contributed by atoms with Gasteiger partial charge >= 0.3 is 0 Å². The van der Waals surface area contributed by atoms with Gasteiger partial charge in [-0.2, -0.15) is 0 Å². The minimum atomic E-state index is -0.306. The summed E-state index contributed by atoms with van der Waals surface area (Å²) in [4.78, 5) is 0. The third kappa shape index (κ3) is 3.23. The summed E-state index contributed by atoms with van der Waals surface area (Å²) in [6.45, 7) is 0.410. The molecule has 0 atom stereocenters. The molecule has 0 fully saturated rings. The maximum absolute atomic E-state index is 13.1. The fraction of sp³-hybridized carbons (Fsp3) is 0.0769. The van der Waals surface area contributed by atoms with Gasteiger partial charge in [0.15, 0.2) is 0 Å². The molecule has 94 valence electrons. The van der Waals surface area contributed by atoms with Crippen LogP contribution < -0.4 is 5.32 Å². The normalized spacial score (nSPS) is 10.4. The van der Waals surface area contributed by atoms with Gasteiger partial charge in [0.2, 0.25) is 0 Å². The van der Waals surface area contributed by atoms with Crippen molar-refractivity contribution in [1.82, 2.24) is 0 Å². The molecule has 0 amide bonds. The molecule has 0 heterocycles. The Morgan fingerprint density at radius 3 is 2.67 bits per heavy atom. The van der Waals surface area contributed by atoms with Crippen molar-refractivity contribution in [2.45, 2.75) is 6.54 Å². The van der Waals surface area contributed by atoms with Crippen LogP contribution in [0, 0.1) is 5.82 Å². The second-order valence-electron chi connectivity index (χ2n) is 3.75. The Kier molecular flexibility index (Phi) is 4.24. The first-order valence-electron chi connectivity index (χ1n) is 5.22. The number of hydrogen-bond acceptors (Lipinski definition) is 2. The number of aromatic hydroxyl groups is 1. The minimum absolute atomic E-state index is 0.207. The molecule has 2 nitrogen and oxygen atoms in total. The molecule has 2 rings (SSSR count). The van der Waals surface area contributed by atoms with Gasteiger partial charge in [0, 0.05) is 21.1 Å². The van der Waals surface area contributed by atoms with Crippen molar-refractivity contribution in [3.63, 3.8) is 0 Å². The summed E-state index contributed by atoms with van der Waals surface area (Å²) in [6.07, 6.45) is 0. The molecule has 2 N–H and O–H groups in total. The molecule has 0 aliphatic rings. The van der Waals surface area contributed by atoms with Crippen molar-refractivity contribution in [1.29, 1.82) is 0 Å². The Balaban J connectivity index is 2.16. The highest BCUT2D eigenvalue weighted by Crippen LogP contribution is 2.26. The standard InChI is InChI=1S/C13H10Br2FNO/c14-9-1-4-13(18)8(5-9)7-17-12-6-10(16)2-3-11(12)15/h1-6,17-18H,7H2. The van der Waals surface area contributed by atoms with Crippen molar-refractivity contribution in [3.05, 3.63) is 56.7 Å². The molecule has 0 radical (unpaired) electrons. The highest BCUT2D eigenvalue weighted by atomic mass is 79.9. The van der Waals surface area contributed by atoms with E-state index in [0.29, 0.717) is 12.2 Å². The summed E-state index contributed by atoms with van der Waals surface area (Å²) in [5, 5.41) is 12.8. The van der Waals surface area contributed by atoms with Crippen LogP contribution in [0.15, 0.2) is 45.3 Å². The average molecular weight is 375 g/mol. The molecule has 0 saturated carbocycles. The molecule has 0 unspecified atom stereocenters. The number of phenols is 1. The van der Waals surface area contributed by atoms with Gasteiger partial charge in [-0.15, -0.1) is 0 Å². The van der Waals surface area contributed by atoms with E-state index in [1.54, 1.807) is 18.2 Å². The number of nitrogens with one attached hydrogen (secondary N) is 1. The van der Waals surface area contributed by atoms with E-state index in [4.69, 9.17) is 0 Å². The zero-order chi connectivity index (χ0) is 13.1. The lowest BCUT2D eigenvalue weighted by molar-refractivity contribution is 0.469. The number of halogens is 3. The monoisotopic (exact) mass is 373 g/mol. The molecule has 2 aromatic rings. The lowest BCUT2D eigenvalue weighted by atomic mass is 10.2. The first kappa shape index (κ1) is 13.4. The van der Waals surface area contributed by atoms with Crippen molar-refractivity contribution in [2.75, 3.05) is 5.32 Å². The van der Waals surface area contributed by atoms with Crippen LogP contribution in [0.3, 0.4) is 0 Å². The van der Waals surface area contributed by atoms with Crippen LogP contribution >= 0.6 is 31.9 Å². The van der Waals surface area contributed by atoms with Crippen LogP contribution in [-0.4, -0.2) is 5.11 Å². The van der Waals surface area contributed by atoms with E-state index in [9.17, 15) is 9.50 Å². The highest BCUT2D eigenvalue weighted by Gasteiger charge is 2.05. The van der Waals surface area contributed by atoms with E-state index in [-0.39, 0.29) is 11.6 Å². The summed E-state index contributed by atoms with van der Waals surface area (Å²) in [5.41, 5.74) is 1.38. The zero-order valence-electron chi connectivity index (χ0n) is 9.25. The molecule has 0 aromatic heterocycles.